The molecule has 0 aromatic rings. The van der Waals surface area contributed by atoms with Crippen LogP contribution in [-0.2, 0) is 38.0 Å². The number of carbonyl (C=O) groups is 2. The van der Waals surface area contributed by atoms with Gasteiger partial charge in [-0.05, 0) is 77.0 Å². The van der Waals surface area contributed by atoms with Crippen molar-refractivity contribution in [2.45, 2.75) is 261 Å². The van der Waals surface area contributed by atoms with Crippen LogP contribution < -0.4 is 0 Å². The molecule has 0 spiro atoms. The maximum atomic E-state index is 13.0. The van der Waals surface area contributed by atoms with Crippen LogP contribution in [0.4, 0.5) is 0 Å². The summed E-state index contributed by atoms with van der Waals surface area (Å²) in [6, 6.07) is 0. The number of aliphatic hydroxyl groups is 7. The molecule has 7 N–H and O–H groups in total. The molecule has 15 nitrogen and oxygen atoms in total. The Kier molecular flexibility index (Phi) is 38.0. The molecule has 2 saturated heterocycles. The molecular weight excluding hydrogens is 901 g/mol. The molecule has 2 heterocycles. The monoisotopic (exact) mass is 997 g/mol. The fraction of sp³-hybridized carbons (Fsp3) is 0.818. The van der Waals surface area contributed by atoms with Gasteiger partial charge in [-0.15, -0.1) is 0 Å². The van der Waals surface area contributed by atoms with E-state index in [1.807, 2.05) is 0 Å². The molecule has 11 atom stereocenters. The molecule has 2 rings (SSSR count). The molecule has 0 radical (unpaired) electrons. The highest BCUT2D eigenvalue weighted by Crippen LogP contribution is 2.26. The van der Waals surface area contributed by atoms with Crippen molar-refractivity contribution in [3.63, 3.8) is 0 Å². The molecule has 0 bridgehead atoms. The maximum absolute atomic E-state index is 13.0. The van der Waals surface area contributed by atoms with Crippen LogP contribution in [0.15, 0.2) is 48.6 Å². The van der Waals surface area contributed by atoms with Crippen molar-refractivity contribution < 1.29 is 73.8 Å². The summed E-state index contributed by atoms with van der Waals surface area (Å²) in [4.78, 5) is 25.8. The van der Waals surface area contributed by atoms with Gasteiger partial charge in [-0.25, -0.2) is 0 Å². The van der Waals surface area contributed by atoms with Gasteiger partial charge in [0, 0.05) is 12.8 Å². The lowest BCUT2D eigenvalue weighted by molar-refractivity contribution is -0.332. The van der Waals surface area contributed by atoms with Crippen LogP contribution in [0.2, 0.25) is 0 Å². The van der Waals surface area contributed by atoms with Gasteiger partial charge in [0.2, 0.25) is 0 Å². The van der Waals surface area contributed by atoms with E-state index in [1.54, 1.807) is 0 Å². The lowest BCUT2D eigenvalue weighted by atomic mass is 9.98. The molecule has 0 aliphatic carbocycles. The van der Waals surface area contributed by atoms with Crippen LogP contribution >= 0.6 is 0 Å². The smallest absolute Gasteiger partial charge is 0.306 e. The van der Waals surface area contributed by atoms with Crippen molar-refractivity contribution in [2.24, 2.45) is 0 Å². The summed E-state index contributed by atoms with van der Waals surface area (Å²) < 4.78 is 33.6. The molecule has 2 aliphatic heterocycles. The van der Waals surface area contributed by atoms with Crippen LogP contribution in [0.25, 0.3) is 0 Å². The number of rotatable bonds is 42. The third kappa shape index (κ3) is 29.2. The van der Waals surface area contributed by atoms with Crippen molar-refractivity contribution in [3.8, 4) is 0 Å². The summed E-state index contributed by atoms with van der Waals surface area (Å²) in [5.74, 6) is -0.945. The van der Waals surface area contributed by atoms with E-state index in [9.17, 15) is 45.3 Å². The molecule has 15 heteroatoms. The number of hydrogen-bond acceptors (Lipinski definition) is 15. The molecular formula is C55H96O15. The average molecular weight is 997 g/mol. The summed E-state index contributed by atoms with van der Waals surface area (Å²) >= 11 is 0. The second kappa shape index (κ2) is 41.9. The first-order chi connectivity index (χ1) is 34.0. The molecule has 0 saturated carbocycles. The Hall–Kier alpha value is -2.54. The number of hydrogen-bond donors (Lipinski definition) is 7. The van der Waals surface area contributed by atoms with Gasteiger partial charge in [0.25, 0.3) is 0 Å². The topological polar surface area (TPSA) is 231 Å². The molecule has 2 fully saturated rings. The number of allylic oxidation sites excluding steroid dienone is 8. The van der Waals surface area contributed by atoms with Crippen LogP contribution in [0.5, 0.6) is 0 Å². The Balaban J connectivity index is 1.79. The van der Waals surface area contributed by atoms with Crippen molar-refractivity contribution in [1.82, 2.24) is 0 Å². The predicted molar refractivity (Wildman–Crippen MR) is 270 cm³/mol. The van der Waals surface area contributed by atoms with Crippen molar-refractivity contribution in [3.05, 3.63) is 48.6 Å². The van der Waals surface area contributed by atoms with E-state index < -0.39 is 92.7 Å². The minimum absolute atomic E-state index is 0.156. The minimum atomic E-state index is -1.77. The minimum Gasteiger partial charge on any atom is -0.462 e. The number of carbonyl (C=O) groups excluding carboxylic acids is 2. The van der Waals surface area contributed by atoms with Crippen molar-refractivity contribution >= 4 is 11.9 Å². The van der Waals surface area contributed by atoms with E-state index in [-0.39, 0.29) is 26.1 Å². The summed E-state index contributed by atoms with van der Waals surface area (Å²) in [6.45, 7) is 2.53. The van der Waals surface area contributed by atoms with Gasteiger partial charge in [-0.3, -0.25) is 9.59 Å². The van der Waals surface area contributed by atoms with Gasteiger partial charge in [0.05, 0.1) is 19.8 Å². The molecule has 70 heavy (non-hydrogen) atoms. The average Bonchev–Trinajstić information content (AvgIpc) is 3.35. The maximum Gasteiger partial charge on any atom is 0.306 e. The fourth-order valence-electron chi connectivity index (χ4n) is 8.28. The van der Waals surface area contributed by atoms with E-state index >= 15 is 0 Å². The number of esters is 2. The van der Waals surface area contributed by atoms with E-state index in [4.69, 9.17) is 28.4 Å². The van der Waals surface area contributed by atoms with Crippen LogP contribution in [0.1, 0.15) is 194 Å². The SMILES string of the molecule is CCCCC/C=C\C/C=C\CCCCCCCCCCCC(=O)OC(COC(=O)CCCCCCC/C=C\C/C=C\CCCCC)COC1OC(COC2OC(CO)C(O)C(O)C2O)C(O)C(O)C1O. The highest BCUT2D eigenvalue weighted by atomic mass is 16.7. The molecule has 2 aliphatic rings. The fourth-order valence-corrected chi connectivity index (χ4v) is 8.28. The Morgan fingerprint density at radius 3 is 1.33 bits per heavy atom. The Morgan fingerprint density at radius 1 is 0.457 bits per heavy atom. The lowest BCUT2D eigenvalue weighted by Gasteiger charge is -2.42. The second-order valence-electron chi connectivity index (χ2n) is 19.0. The van der Waals surface area contributed by atoms with Crippen LogP contribution in [-0.4, -0.2) is 142 Å². The zero-order valence-electron chi connectivity index (χ0n) is 43.0. The first-order valence-corrected chi connectivity index (χ1v) is 27.2. The van der Waals surface area contributed by atoms with E-state index in [2.05, 4.69) is 62.5 Å². The first-order valence-electron chi connectivity index (χ1n) is 27.2. The molecule has 406 valence electrons. The summed E-state index contributed by atoms with van der Waals surface area (Å²) in [6.07, 6.45) is 29.8. The van der Waals surface area contributed by atoms with Crippen LogP contribution in [0.3, 0.4) is 0 Å². The highest BCUT2D eigenvalue weighted by molar-refractivity contribution is 5.70. The molecule has 0 aromatic carbocycles. The zero-order valence-corrected chi connectivity index (χ0v) is 43.0. The van der Waals surface area contributed by atoms with E-state index in [0.717, 1.165) is 83.5 Å². The Morgan fingerprint density at radius 2 is 0.857 bits per heavy atom. The number of unbranched alkanes of at least 4 members (excludes halogenated alkanes) is 20. The third-order valence-electron chi connectivity index (χ3n) is 12.8. The zero-order chi connectivity index (χ0) is 51.0. The normalized spacial score (nSPS) is 25.7. The van der Waals surface area contributed by atoms with Gasteiger partial charge < -0.3 is 64.2 Å². The number of aliphatic hydroxyl groups excluding tert-OH is 7. The molecule has 0 amide bonds. The Labute approximate surface area is 420 Å². The van der Waals surface area contributed by atoms with Gasteiger partial charge in [-0.1, -0.05) is 152 Å². The van der Waals surface area contributed by atoms with Gasteiger partial charge in [0.15, 0.2) is 18.7 Å². The van der Waals surface area contributed by atoms with Crippen molar-refractivity contribution in [2.75, 3.05) is 26.4 Å². The van der Waals surface area contributed by atoms with Gasteiger partial charge >= 0.3 is 11.9 Å². The second-order valence-corrected chi connectivity index (χ2v) is 19.0. The van der Waals surface area contributed by atoms with E-state index in [0.29, 0.717) is 12.8 Å². The highest BCUT2D eigenvalue weighted by Gasteiger charge is 2.47. The van der Waals surface area contributed by atoms with Gasteiger partial charge in [0.1, 0.15) is 55.4 Å². The molecule has 11 unspecified atom stereocenters. The number of ether oxygens (including phenoxy) is 6. The standard InChI is InChI=1S/C55H96O15/c1-3-5-7-9-11-13-15-17-19-20-21-22-24-26-28-30-32-34-36-38-47(58)68-43(40-65-46(57)37-35-33-31-29-27-25-23-18-16-14-12-10-8-6-4-2)41-66-54-53(64)51(62)49(60)45(70-54)42-67-55-52(63)50(61)48(59)44(39-56)69-55/h11-14,17-19,23,43-45,48-56,59-64H,3-10,15-16,20-22,24-42H2,1-2H3/b13-11-,14-12-,19-17-,23-18-. The predicted octanol–water partition coefficient (Wildman–Crippen LogP) is 8.27. The summed E-state index contributed by atoms with van der Waals surface area (Å²) in [7, 11) is 0. The lowest BCUT2D eigenvalue weighted by Crippen LogP contribution is -2.61. The quantitative estimate of drug-likeness (QED) is 0.0173. The van der Waals surface area contributed by atoms with Crippen molar-refractivity contribution in [1.29, 1.82) is 0 Å². The van der Waals surface area contributed by atoms with Crippen LogP contribution in [0, 0.1) is 0 Å². The summed E-state index contributed by atoms with van der Waals surface area (Å²) in [5.41, 5.74) is 0. The largest absolute Gasteiger partial charge is 0.462 e. The van der Waals surface area contributed by atoms with E-state index in [1.165, 1.54) is 70.6 Å². The molecule has 0 aromatic heterocycles. The van der Waals surface area contributed by atoms with Gasteiger partial charge in [-0.2, -0.15) is 0 Å². The first kappa shape index (κ1) is 63.6. The Bertz CT molecular complexity index is 1400. The third-order valence-corrected chi connectivity index (χ3v) is 12.8. The summed E-state index contributed by atoms with van der Waals surface area (Å²) in [5, 5.41) is 72.2.